The van der Waals surface area contributed by atoms with Crippen LogP contribution >= 0.6 is 0 Å². The first-order valence-electron chi connectivity index (χ1n) is 6.53. The molecule has 1 saturated heterocycles. The minimum Gasteiger partial charge on any atom is -0.481 e. The summed E-state index contributed by atoms with van der Waals surface area (Å²) in [7, 11) is 0. The topological polar surface area (TPSA) is 104 Å². The van der Waals surface area contributed by atoms with E-state index in [1.807, 2.05) is 0 Å². The molecule has 0 aromatic carbocycles. The van der Waals surface area contributed by atoms with Gasteiger partial charge in [-0.25, -0.2) is 0 Å². The van der Waals surface area contributed by atoms with Crippen molar-refractivity contribution in [3.05, 3.63) is 0 Å². The van der Waals surface area contributed by atoms with Crippen LogP contribution < -0.4 is 5.32 Å². The summed E-state index contributed by atoms with van der Waals surface area (Å²) in [6, 6.07) is 0. The molecule has 1 heterocycles. The minimum atomic E-state index is -0.948. The minimum absolute atomic E-state index is 0.0845. The highest BCUT2D eigenvalue weighted by molar-refractivity contribution is 6.01. The van der Waals surface area contributed by atoms with E-state index in [9.17, 15) is 19.2 Å². The highest BCUT2D eigenvalue weighted by Gasteiger charge is 2.29. The number of likely N-dealkylation sites (tertiary alicyclic amines) is 1. The molecule has 1 rings (SSSR count). The van der Waals surface area contributed by atoms with E-state index in [4.69, 9.17) is 5.11 Å². The molecule has 0 aliphatic carbocycles. The predicted octanol–water partition coefficient (Wildman–Crippen LogP) is 0.143. The molecule has 112 valence electrons. The fraction of sp³-hybridized carbons (Fsp3) is 0.692. The molecular weight excluding hydrogens is 264 g/mol. The lowest BCUT2D eigenvalue weighted by Gasteiger charge is -2.22. The zero-order valence-corrected chi connectivity index (χ0v) is 11.8. The van der Waals surface area contributed by atoms with E-state index in [-0.39, 0.29) is 56.5 Å². The third-order valence-corrected chi connectivity index (χ3v) is 3.08. The average molecular weight is 284 g/mol. The molecule has 20 heavy (non-hydrogen) atoms. The van der Waals surface area contributed by atoms with Gasteiger partial charge in [0, 0.05) is 32.4 Å². The molecule has 0 saturated carbocycles. The van der Waals surface area contributed by atoms with Crippen LogP contribution in [0.1, 0.15) is 39.5 Å². The Morgan fingerprint density at radius 1 is 1.20 bits per heavy atom. The molecule has 0 aromatic heterocycles. The maximum Gasteiger partial charge on any atom is 0.303 e. The largest absolute Gasteiger partial charge is 0.481 e. The van der Waals surface area contributed by atoms with Crippen molar-refractivity contribution < 1.29 is 24.3 Å². The van der Waals surface area contributed by atoms with Gasteiger partial charge in [0.2, 0.25) is 17.7 Å². The quantitative estimate of drug-likeness (QED) is 0.647. The second-order valence-corrected chi connectivity index (χ2v) is 5.70. The SMILES string of the molecule is CC(C)(CC(=O)O)CC(=O)NCCN1C(=O)CCC1=O. The fourth-order valence-electron chi connectivity index (χ4n) is 2.15. The van der Waals surface area contributed by atoms with Gasteiger partial charge in [-0.1, -0.05) is 13.8 Å². The summed E-state index contributed by atoms with van der Waals surface area (Å²) in [4.78, 5) is 46.1. The van der Waals surface area contributed by atoms with Crippen molar-refractivity contribution in [2.45, 2.75) is 39.5 Å². The van der Waals surface area contributed by atoms with E-state index >= 15 is 0 Å². The van der Waals surface area contributed by atoms with Gasteiger partial charge in [-0.05, 0) is 5.41 Å². The number of carboxylic acid groups (broad SMARTS) is 1. The number of amides is 3. The maximum atomic E-state index is 11.7. The summed E-state index contributed by atoms with van der Waals surface area (Å²) in [6.45, 7) is 3.77. The second-order valence-electron chi connectivity index (χ2n) is 5.70. The number of rotatable bonds is 7. The van der Waals surface area contributed by atoms with Crippen molar-refractivity contribution in [1.82, 2.24) is 10.2 Å². The van der Waals surface area contributed by atoms with Crippen LogP contribution in [-0.2, 0) is 19.2 Å². The lowest BCUT2D eigenvalue weighted by molar-refractivity contribution is -0.141. The highest BCUT2D eigenvalue weighted by Crippen LogP contribution is 2.24. The highest BCUT2D eigenvalue weighted by atomic mass is 16.4. The number of nitrogens with one attached hydrogen (secondary N) is 1. The van der Waals surface area contributed by atoms with E-state index in [0.29, 0.717) is 0 Å². The summed E-state index contributed by atoms with van der Waals surface area (Å²) in [5.41, 5.74) is -0.630. The summed E-state index contributed by atoms with van der Waals surface area (Å²) in [5, 5.41) is 11.3. The second kappa shape index (κ2) is 6.49. The smallest absolute Gasteiger partial charge is 0.303 e. The molecule has 1 aliphatic rings. The zero-order valence-electron chi connectivity index (χ0n) is 11.8. The van der Waals surface area contributed by atoms with Crippen LogP contribution in [0.3, 0.4) is 0 Å². The van der Waals surface area contributed by atoms with Gasteiger partial charge in [0.1, 0.15) is 0 Å². The Kier molecular flexibility index (Phi) is 5.24. The van der Waals surface area contributed by atoms with Crippen LogP contribution in [0.2, 0.25) is 0 Å². The summed E-state index contributed by atoms with van der Waals surface area (Å²) < 4.78 is 0. The number of carbonyl (C=O) groups excluding carboxylic acids is 3. The molecule has 0 spiro atoms. The number of hydrogen-bond donors (Lipinski definition) is 2. The van der Waals surface area contributed by atoms with Crippen LogP contribution in [-0.4, -0.2) is 46.8 Å². The molecule has 7 nitrogen and oxygen atoms in total. The van der Waals surface area contributed by atoms with Gasteiger partial charge < -0.3 is 10.4 Å². The molecule has 1 fully saturated rings. The van der Waals surface area contributed by atoms with Crippen LogP contribution in [0.4, 0.5) is 0 Å². The van der Waals surface area contributed by atoms with Crippen molar-refractivity contribution >= 4 is 23.7 Å². The Bertz CT molecular complexity index is 414. The molecule has 0 atom stereocenters. The van der Waals surface area contributed by atoms with E-state index in [2.05, 4.69) is 5.32 Å². The summed E-state index contributed by atoms with van der Waals surface area (Å²) >= 11 is 0. The number of carbonyl (C=O) groups is 4. The molecule has 0 unspecified atom stereocenters. The van der Waals surface area contributed by atoms with Gasteiger partial charge >= 0.3 is 5.97 Å². The molecule has 3 amide bonds. The number of hydrogen-bond acceptors (Lipinski definition) is 4. The van der Waals surface area contributed by atoms with Gasteiger partial charge in [0.15, 0.2) is 0 Å². The fourth-order valence-corrected chi connectivity index (χ4v) is 2.15. The number of nitrogens with zero attached hydrogens (tertiary/aromatic N) is 1. The lowest BCUT2D eigenvalue weighted by Crippen LogP contribution is -2.39. The molecule has 7 heteroatoms. The number of imide groups is 1. The van der Waals surface area contributed by atoms with E-state index in [0.717, 1.165) is 4.90 Å². The maximum absolute atomic E-state index is 11.7. The van der Waals surface area contributed by atoms with Gasteiger partial charge in [0.05, 0.1) is 6.42 Å². The molecule has 1 aliphatic heterocycles. The van der Waals surface area contributed by atoms with Crippen molar-refractivity contribution in [3.63, 3.8) is 0 Å². The monoisotopic (exact) mass is 284 g/mol. The number of carboxylic acids is 1. The Morgan fingerprint density at radius 3 is 2.25 bits per heavy atom. The van der Waals surface area contributed by atoms with E-state index < -0.39 is 11.4 Å². The molecule has 0 bridgehead atoms. The normalized spacial score (nSPS) is 15.6. The Labute approximate surface area is 117 Å². The number of aliphatic carboxylic acids is 1. The molecule has 2 N–H and O–H groups in total. The first kappa shape index (κ1) is 16.1. The predicted molar refractivity (Wildman–Crippen MR) is 69.6 cm³/mol. The summed E-state index contributed by atoms with van der Waals surface area (Å²) in [5.74, 6) is -1.66. The Hall–Kier alpha value is -1.92. The van der Waals surface area contributed by atoms with Crippen LogP contribution in [0.25, 0.3) is 0 Å². The third-order valence-electron chi connectivity index (χ3n) is 3.08. The van der Waals surface area contributed by atoms with Crippen molar-refractivity contribution in [2.24, 2.45) is 5.41 Å². The van der Waals surface area contributed by atoms with Crippen LogP contribution in [0.15, 0.2) is 0 Å². The van der Waals surface area contributed by atoms with Crippen LogP contribution in [0.5, 0.6) is 0 Å². The molecular formula is C13H20N2O5. The van der Waals surface area contributed by atoms with Gasteiger partial charge in [-0.2, -0.15) is 0 Å². The first-order chi connectivity index (χ1) is 9.21. The molecule has 0 aromatic rings. The van der Waals surface area contributed by atoms with Gasteiger partial charge in [0.25, 0.3) is 0 Å². The Balaban J connectivity index is 2.31. The lowest BCUT2D eigenvalue weighted by atomic mass is 9.85. The van der Waals surface area contributed by atoms with E-state index in [1.54, 1.807) is 13.8 Å². The third kappa shape index (κ3) is 4.99. The van der Waals surface area contributed by atoms with Crippen molar-refractivity contribution in [3.8, 4) is 0 Å². The molecule has 0 radical (unpaired) electrons. The Morgan fingerprint density at radius 2 is 1.75 bits per heavy atom. The van der Waals surface area contributed by atoms with Crippen molar-refractivity contribution in [2.75, 3.05) is 13.1 Å². The summed E-state index contributed by atoms with van der Waals surface area (Å²) in [6.07, 6.45) is 0.460. The van der Waals surface area contributed by atoms with Crippen LogP contribution in [0, 0.1) is 5.41 Å². The zero-order chi connectivity index (χ0) is 15.3. The average Bonchev–Trinajstić information content (AvgIpc) is 2.57. The van der Waals surface area contributed by atoms with Crippen molar-refractivity contribution in [1.29, 1.82) is 0 Å². The first-order valence-corrected chi connectivity index (χ1v) is 6.53. The van der Waals surface area contributed by atoms with Gasteiger partial charge in [-0.15, -0.1) is 0 Å². The van der Waals surface area contributed by atoms with E-state index in [1.165, 1.54) is 0 Å². The van der Waals surface area contributed by atoms with Gasteiger partial charge in [-0.3, -0.25) is 24.1 Å². The standard InChI is InChI=1S/C13H20N2O5/c1-13(2,8-12(19)20)7-9(16)14-5-6-15-10(17)3-4-11(15)18/h3-8H2,1-2H3,(H,14,16)(H,19,20).